The molecule has 0 bridgehead atoms. The second-order valence-corrected chi connectivity index (χ2v) is 12.5. The first-order chi connectivity index (χ1) is 17.9. The van der Waals surface area contributed by atoms with Crippen molar-refractivity contribution in [2.24, 2.45) is 23.0 Å². The number of carbonyl (C=O) groups excluding carboxylic acids is 2. The summed E-state index contributed by atoms with van der Waals surface area (Å²) < 4.78 is 15.5. The summed E-state index contributed by atoms with van der Waals surface area (Å²) in [7, 11) is 11.2. The number of rotatable bonds is 5. The van der Waals surface area contributed by atoms with Crippen molar-refractivity contribution in [1.29, 1.82) is 0 Å². The van der Waals surface area contributed by atoms with E-state index in [2.05, 4.69) is 0 Å². The number of primary amides is 1. The zero-order valence-corrected chi connectivity index (χ0v) is 23.2. The van der Waals surface area contributed by atoms with Crippen LogP contribution in [-0.4, -0.2) is 94.2 Å². The topological polar surface area (TPSA) is 148 Å². The molecule has 0 aromatic heterocycles. The molecule has 3 aliphatic rings. The molecule has 6 N–H and O–H groups in total. The third-order valence-corrected chi connectivity index (χ3v) is 8.03. The van der Waals surface area contributed by atoms with Gasteiger partial charge in [-0.25, -0.2) is 0 Å². The van der Waals surface area contributed by atoms with E-state index < -0.39 is 63.5 Å². The summed E-state index contributed by atoms with van der Waals surface area (Å²) in [5.41, 5.74) is 1.68. The Bertz CT molecular complexity index is 1350. The molecule has 11 heteroatoms. The Morgan fingerprint density at radius 1 is 1.23 bits per heavy atom. The van der Waals surface area contributed by atoms with Gasteiger partial charge in [-0.05, 0) is 0 Å². The van der Waals surface area contributed by atoms with E-state index >= 15 is 4.39 Å². The Morgan fingerprint density at radius 3 is 2.38 bits per heavy atom. The SMILES string of the molecule is [B]=C1C(C(N)=O)=C(O)[C@@H](N(C)C)[C@@H]2C[C@@H]3Cc4c(F)cc(CN(C)CC(C)(C)C)c(O)c4C(O)=C3C(=O)[C@]12O. The molecule has 4 atom stereocenters. The van der Waals surface area contributed by atoms with Crippen molar-refractivity contribution in [3.8, 4) is 5.75 Å². The van der Waals surface area contributed by atoms with Crippen molar-refractivity contribution >= 4 is 30.4 Å². The first kappa shape index (κ1) is 29.0. The number of carbonyl (C=O) groups is 2. The number of fused-ring (bicyclic) bond motifs is 3. The zero-order valence-electron chi connectivity index (χ0n) is 23.2. The van der Waals surface area contributed by atoms with Gasteiger partial charge in [0.25, 0.3) is 0 Å². The Labute approximate surface area is 228 Å². The van der Waals surface area contributed by atoms with Gasteiger partial charge in [-0.1, -0.05) is 20.8 Å². The monoisotopic (exact) mass is 540 g/mol. The van der Waals surface area contributed by atoms with E-state index in [-0.39, 0.29) is 52.8 Å². The molecule has 1 aromatic rings. The van der Waals surface area contributed by atoms with Crippen molar-refractivity contribution < 1.29 is 34.4 Å². The fraction of sp³-hybridized carbons (Fsp3) is 0.536. The molecule has 4 rings (SSSR count). The van der Waals surface area contributed by atoms with Crippen molar-refractivity contribution in [2.45, 2.75) is 51.8 Å². The molecule has 209 valence electrons. The van der Waals surface area contributed by atoms with Gasteiger partial charge in [0.2, 0.25) is 0 Å². The fourth-order valence-corrected chi connectivity index (χ4v) is 6.69. The van der Waals surface area contributed by atoms with Crippen LogP contribution in [0.15, 0.2) is 23.0 Å². The number of nitrogens with two attached hydrogens (primary N) is 1. The van der Waals surface area contributed by atoms with Gasteiger partial charge in [0.1, 0.15) is 0 Å². The summed E-state index contributed by atoms with van der Waals surface area (Å²) in [5.74, 6) is -5.92. The van der Waals surface area contributed by atoms with Crippen LogP contribution in [0.3, 0.4) is 0 Å². The number of benzene rings is 1. The number of nitrogens with zero attached hydrogens (tertiary/aromatic N) is 2. The van der Waals surface area contributed by atoms with E-state index in [0.717, 1.165) is 0 Å². The summed E-state index contributed by atoms with van der Waals surface area (Å²) in [4.78, 5) is 29.6. The van der Waals surface area contributed by atoms with E-state index in [1.807, 2.05) is 32.7 Å². The van der Waals surface area contributed by atoms with Crippen molar-refractivity contribution in [1.82, 2.24) is 9.80 Å². The molecule has 0 heterocycles. The Morgan fingerprint density at radius 2 is 1.85 bits per heavy atom. The molecule has 1 aromatic carbocycles. The molecule has 0 spiro atoms. The predicted octanol–water partition coefficient (Wildman–Crippen LogP) is 1.35. The summed E-state index contributed by atoms with van der Waals surface area (Å²) in [6.45, 7) is 6.99. The number of ketones is 1. The number of amides is 1. The van der Waals surface area contributed by atoms with Gasteiger partial charge in [0, 0.05) is 0 Å². The number of aliphatic hydroxyl groups excluding tert-OH is 2. The quantitative estimate of drug-likeness (QED) is 0.352. The third-order valence-electron chi connectivity index (χ3n) is 8.03. The standard InChI is InChI=1S/C28H36BFN3O6/c1-27(2,3)11-33(6)10-13-9-16(30)14-7-12-8-15-20(32(4)5)23(36)19(26(31)38)24(29)28(15,39)25(37)17(12)22(35)18(14)21(13)34/h9,12,15,20,34-36,39H,7-8,10-11H2,1-6H3,(H2,31,38)/t12-,15-,20-,28+/m0/s1. The van der Waals surface area contributed by atoms with E-state index in [0.29, 0.717) is 6.54 Å². The number of phenols is 1. The number of hydrogen-bond acceptors (Lipinski definition) is 8. The van der Waals surface area contributed by atoms with Crippen LogP contribution in [0.25, 0.3) is 5.76 Å². The molecule has 3 aliphatic carbocycles. The molecular formula is C28H36BFN3O6. The van der Waals surface area contributed by atoms with Crippen LogP contribution in [0.2, 0.25) is 0 Å². The van der Waals surface area contributed by atoms with Crippen molar-refractivity contribution in [2.75, 3.05) is 27.7 Å². The van der Waals surface area contributed by atoms with E-state index in [1.165, 1.54) is 11.0 Å². The van der Waals surface area contributed by atoms with E-state index in [1.54, 1.807) is 14.1 Å². The molecule has 1 amide bonds. The molecule has 39 heavy (non-hydrogen) atoms. The van der Waals surface area contributed by atoms with Crippen LogP contribution < -0.4 is 5.73 Å². The number of aromatic hydroxyl groups is 1. The summed E-state index contributed by atoms with van der Waals surface area (Å²) in [6.07, 6.45) is -0.00521. The van der Waals surface area contributed by atoms with Crippen LogP contribution in [0.5, 0.6) is 5.75 Å². The fourth-order valence-electron chi connectivity index (χ4n) is 6.69. The number of likely N-dealkylation sites (N-methyl/N-ethyl adjacent to an activating group) is 1. The molecule has 0 saturated heterocycles. The van der Waals surface area contributed by atoms with Crippen LogP contribution in [0.1, 0.15) is 43.9 Å². The zero-order chi connectivity index (χ0) is 29.4. The first-order valence-electron chi connectivity index (χ1n) is 12.9. The van der Waals surface area contributed by atoms with Gasteiger partial charge in [-0.3, -0.25) is 0 Å². The van der Waals surface area contributed by atoms with Crippen LogP contribution in [0.4, 0.5) is 4.39 Å². The minimum absolute atomic E-state index is 0.0248. The minimum atomic E-state index is -2.47. The Kier molecular flexibility index (Phi) is 7.11. The maximum absolute atomic E-state index is 15.5. The van der Waals surface area contributed by atoms with E-state index in [9.17, 15) is 30.0 Å². The maximum atomic E-state index is 15.5. The average molecular weight is 540 g/mol. The Balaban J connectivity index is 1.86. The van der Waals surface area contributed by atoms with Gasteiger partial charge in [-0.2, -0.15) is 0 Å². The van der Waals surface area contributed by atoms with Crippen LogP contribution in [0, 0.1) is 23.1 Å². The molecule has 1 fully saturated rings. The molecule has 0 aliphatic heterocycles. The van der Waals surface area contributed by atoms with Gasteiger partial charge in [0.15, 0.2) is 0 Å². The summed E-state index contributed by atoms with van der Waals surface area (Å²) >= 11 is 0. The van der Waals surface area contributed by atoms with Crippen LogP contribution in [-0.2, 0) is 22.6 Å². The molecule has 1 radical (unpaired) electrons. The Hall–Kier alpha value is -3.02. The van der Waals surface area contributed by atoms with E-state index in [4.69, 9.17) is 13.2 Å². The molecule has 9 nitrogen and oxygen atoms in total. The van der Waals surface area contributed by atoms with Gasteiger partial charge in [-0.15, -0.1) is 0 Å². The molecular weight excluding hydrogens is 504 g/mol. The normalized spacial score (nSPS) is 27.2. The van der Waals surface area contributed by atoms with Crippen LogP contribution >= 0.6 is 0 Å². The second kappa shape index (κ2) is 9.57. The predicted molar refractivity (Wildman–Crippen MR) is 146 cm³/mol. The first-order valence-corrected chi connectivity index (χ1v) is 12.9. The van der Waals surface area contributed by atoms with Gasteiger partial charge in [0.05, 0.1) is 0 Å². The number of Topliss-reactive ketones (excluding diaryl/α,β-unsaturated/α-hetero) is 1. The average Bonchev–Trinajstić information content (AvgIpc) is 2.77. The molecule has 1 saturated carbocycles. The van der Waals surface area contributed by atoms with Crippen molar-refractivity contribution in [3.63, 3.8) is 0 Å². The number of halogens is 1. The van der Waals surface area contributed by atoms with Gasteiger partial charge < -0.3 is 0 Å². The third kappa shape index (κ3) is 4.50. The number of hydrogen-bond donors (Lipinski definition) is 5. The second-order valence-electron chi connectivity index (χ2n) is 12.5. The van der Waals surface area contributed by atoms with Gasteiger partial charge >= 0.3 is 208 Å². The summed E-state index contributed by atoms with van der Waals surface area (Å²) in [6, 6.07) is 0.243. The van der Waals surface area contributed by atoms with Crippen molar-refractivity contribution in [3.05, 3.63) is 45.5 Å². The number of aliphatic hydroxyl groups is 3. The number of phenolic OH excluding ortho intramolecular Hbond substituents is 1. The summed E-state index contributed by atoms with van der Waals surface area (Å²) in [5, 5.41) is 45.2. The molecule has 0 unspecified atom stereocenters.